The predicted octanol–water partition coefficient (Wildman–Crippen LogP) is 3.83. The summed E-state index contributed by atoms with van der Waals surface area (Å²) in [5.41, 5.74) is 7.91. The van der Waals surface area contributed by atoms with Gasteiger partial charge in [-0.1, -0.05) is 6.07 Å². The van der Waals surface area contributed by atoms with Gasteiger partial charge in [-0.05, 0) is 42.5 Å². The van der Waals surface area contributed by atoms with E-state index in [0.717, 1.165) is 31.4 Å². The van der Waals surface area contributed by atoms with Gasteiger partial charge in [-0.25, -0.2) is 8.78 Å². The lowest BCUT2D eigenvalue weighted by atomic mass is 10.1. The summed E-state index contributed by atoms with van der Waals surface area (Å²) in [6.45, 7) is 0. The molecule has 0 amide bonds. The Balaban J connectivity index is 1.93. The van der Waals surface area contributed by atoms with E-state index in [1.54, 1.807) is 6.07 Å². The molecule has 2 aromatic rings. The average Bonchev–Trinajstić information content (AvgIpc) is 2.82. The first kappa shape index (κ1) is 12.0. The van der Waals surface area contributed by atoms with Gasteiger partial charge in [-0.15, -0.1) is 0 Å². The number of rotatable bonds is 2. The second-order valence-electron chi connectivity index (χ2n) is 4.69. The third-order valence-corrected chi connectivity index (χ3v) is 3.35. The van der Waals surface area contributed by atoms with Gasteiger partial charge < -0.3 is 10.5 Å². The van der Waals surface area contributed by atoms with Crippen LogP contribution in [-0.2, 0) is 12.8 Å². The van der Waals surface area contributed by atoms with Crippen molar-refractivity contribution in [2.24, 2.45) is 0 Å². The van der Waals surface area contributed by atoms with E-state index in [4.69, 9.17) is 10.5 Å². The number of halogens is 2. The van der Waals surface area contributed by atoms with Crippen LogP contribution in [0.3, 0.4) is 0 Å². The first-order valence-corrected chi connectivity index (χ1v) is 6.17. The molecule has 0 saturated heterocycles. The van der Waals surface area contributed by atoms with Gasteiger partial charge in [0.15, 0.2) is 11.6 Å². The number of nitrogen functional groups attached to an aromatic ring is 1. The molecule has 2 nitrogen and oxygen atoms in total. The molecule has 0 fully saturated rings. The maximum atomic E-state index is 13.3. The maximum Gasteiger partial charge on any atom is 0.156 e. The highest BCUT2D eigenvalue weighted by Crippen LogP contribution is 2.33. The van der Waals surface area contributed by atoms with Crippen LogP contribution in [0, 0.1) is 11.6 Å². The Morgan fingerprint density at radius 2 is 1.79 bits per heavy atom. The van der Waals surface area contributed by atoms with Crippen molar-refractivity contribution in [2.45, 2.75) is 19.3 Å². The first-order valence-electron chi connectivity index (χ1n) is 6.17. The molecule has 0 unspecified atom stereocenters. The molecule has 1 aliphatic carbocycles. The second kappa shape index (κ2) is 4.53. The van der Waals surface area contributed by atoms with Crippen LogP contribution in [-0.4, -0.2) is 0 Å². The molecule has 19 heavy (non-hydrogen) atoms. The van der Waals surface area contributed by atoms with E-state index in [-0.39, 0.29) is 11.4 Å². The number of nitrogens with two attached hydrogens (primary N) is 1. The van der Waals surface area contributed by atoms with Gasteiger partial charge in [-0.3, -0.25) is 0 Å². The van der Waals surface area contributed by atoms with Crippen LogP contribution in [0.5, 0.6) is 11.5 Å². The molecule has 0 saturated carbocycles. The lowest BCUT2D eigenvalue weighted by molar-refractivity contribution is 0.471. The molecule has 2 aromatic carbocycles. The highest BCUT2D eigenvalue weighted by molar-refractivity contribution is 5.55. The van der Waals surface area contributed by atoms with Gasteiger partial charge in [0.25, 0.3) is 0 Å². The van der Waals surface area contributed by atoms with Gasteiger partial charge in [0.05, 0.1) is 0 Å². The van der Waals surface area contributed by atoms with Crippen molar-refractivity contribution in [2.75, 3.05) is 5.73 Å². The van der Waals surface area contributed by atoms with E-state index in [1.807, 2.05) is 12.1 Å². The predicted molar refractivity (Wildman–Crippen MR) is 69.3 cm³/mol. The third kappa shape index (κ3) is 2.26. The monoisotopic (exact) mass is 261 g/mol. The third-order valence-electron chi connectivity index (χ3n) is 3.35. The molecule has 4 heteroatoms. The molecule has 0 heterocycles. The molecule has 2 N–H and O–H groups in total. The van der Waals surface area contributed by atoms with E-state index in [2.05, 4.69) is 0 Å². The topological polar surface area (TPSA) is 35.2 Å². The van der Waals surface area contributed by atoms with Gasteiger partial charge in [0.1, 0.15) is 17.3 Å². The van der Waals surface area contributed by atoms with Crippen molar-refractivity contribution in [3.63, 3.8) is 0 Å². The molecule has 98 valence electrons. The first-order chi connectivity index (χ1) is 9.13. The molecule has 0 spiro atoms. The van der Waals surface area contributed by atoms with Crippen LogP contribution in [0.1, 0.15) is 17.5 Å². The molecule has 0 radical (unpaired) electrons. The van der Waals surface area contributed by atoms with Crippen LogP contribution in [0.25, 0.3) is 0 Å². The fourth-order valence-electron chi connectivity index (χ4n) is 2.38. The van der Waals surface area contributed by atoms with E-state index in [1.165, 1.54) is 11.1 Å². The SMILES string of the molecule is Nc1c(F)cc(F)cc1Oc1ccc2c(c1)CCC2. The van der Waals surface area contributed by atoms with Crippen LogP contribution in [0.4, 0.5) is 14.5 Å². The van der Waals surface area contributed by atoms with Crippen LogP contribution in [0.15, 0.2) is 30.3 Å². The van der Waals surface area contributed by atoms with Gasteiger partial charge in [-0.2, -0.15) is 0 Å². The summed E-state index contributed by atoms with van der Waals surface area (Å²) >= 11 is 0. The smallest absolute Gasteiger partial charge is 0.156 e. The quantitative estimate of drug-likeness (QED) is 0.834. The highest BCUT2D eigenvalue weighted by atomic mass is 19.1. The number of anilines is 1. The van der Waals surface area contributed by atoms with Crippen LogP contribution < -0.4 is 10.5 Å². The fraction of sp³-hybridized carbons (Fsp3) is 0.200. The van der Waals surface area contributed by atoms with Crippen LogP contribution >= 0.6 is 0 Å². The molecule has 0 bridgehead atoms. The number of hydrogen-bond acceptors (Lipinski definition) is 2. The molecule has 0 atom stereocenters. The summed E-state index contributed by atoms with van der Waals surface area (Å²) in [5, 5.41) is 0. The zero-order chi connectivity index (χ0) is 13.4. The van der Waals surface area contributed by atoms with Gasteiger partial charge in [0.2, 0.25) is 0 Å². The van der Waals surface area contributed by atoms with Gasteiger partial charge >= 0.3 is 0 Å². The standard InChI is InChI=1S/C15H13F2NO/c16-11-7-13(17)15(18)14(8-11)19-12-5-4-9-2-1-3-10(9)6-12/h4-8H,1-3,18H2. The Labute approximate surface area is 109 Å². The van der Waals surface area contributed by atoms with Crippen molar-refractivity contribution in [1.29, 1.82) is 0 Å². The molecule has 0 aliphatic heterocycles. The minimum absolute atomic E-state index is 0.00967. The molecular formula is C15H13F2NO. The molecular weight excluding hydrogens is 248 g/mol. The van der Waals surface area contributed by atoms with Gasteiger partial charge in [0, 0.05) is 12.1 Å². The molecule has 0 aromatic heterocycles. The Morgan fingerprint density at radius 3 is 2.63 bits per heavy atom. The van der Waals surface area contributed by atoms with Crippen molar-refractivity contribution >= 4 is 5.69 Å². The lowest BCUT2D eigenvalue weighted by Gasteiger charge is -2.10. The molecule has 1 aliphatic rings. The number of hydrogen-bond donors (Lipinski definition) is 1. The minimum Gasteiger partial charge on any atom is -0.455 e. The Morgan fingerprint density at radius 1 is 1.00 bits per heavy atom. The number of aryl methyl sites for hydroxylation is 2. The zero-order valence-electron chi connectivity index (χ0n) is 10.2. The number of fused-ring (bicyclic) bond motifs is 1. The van der Waals surface area contributed by atoms with E-state index in [0.29, 0.717) is 5.75 Å². The number of ether oxygens (including phenoxy) is 1. The summed E-state index contributed by atoms with van der Waals surface area (Å²) in [5.74, 6) is -0.952. The largest absolute Gasteiger partial charge is 0.455 e. The fourth-order valence-corrected chi connectivity index (χ4v) is 2.38. The lowest BCUT2D eigenvalue weighted by Crippen LogP contribution is -1.97. The summed E-state index contributed by atoms with van der Waals surface area (Å²) in [7, 11) is 0. The maximum absolute atomic E-state index is 13.3. The van der Waals surface area contributed by atoms with E-state index < -0.39 is 11.6 Å². The summed E-state index contributed by atoms with van der Waals surface area (Å²) in [6, 6.07) is 7.52. The normalized spacial score (nSPS) is 13.4. The van der Waals surface area contributed by atoms with Crippen LogP contribution in [0.2, 0.25) is 0 Å². The zero-order valence-corrected chi connectivity index (χ0v) is 10.2. The highest BCUT2D eigenvalue weighted by Gasteiger charge is 2.14. The second-order valence-corrected chi connectivity index (χ2v) is 4.69. The summed E-state index contributed by atoms with van der Waals surface area (Å²) in [4.78, 5) is 0. The summed E-state index contributed by atoms with van der Waals surface area (Å²) < 4.78 is 32.0. The molecule has 3 rings (SSSR count). The van der Waals surface area contributed by atoms with Crippen molar-refractivity contribution in [1.82, 2.24) is 0 Å². The average molecular weight is 261 g/mol. The Kier molecular flexibility index (Phi) is 2.85. The Bertz CT molecular complexity index is 640. The van der Waals surface area contributed by atoms with Crippen molar-refractivity contribution in [3.8, 4) is 11.5 Å². The van der Waals surface area contributed by atoms with Crippen molar-refractivity contribution < 1.29 is 13.5 Å². The minimum atomic E-state index is -0.809. The Hall–Kier alpha value is -2.10. The van der Waals surface area contributed by atoms with Crippen molar-refractivity contribution in [3.05, 3.63) is 53.1 Å². The van der Waals surface area contributed by atoms with E-state index >= 15 is 0 Å². The number of benzene rings is 2. The summed E-state index contributed by atoms with van der Waals surface area (Å²) in [6.07, 6.45) is 3.22. The van der Waals surface area contributed by atoms with E-state index in [9.17, 15) is 8.78 Å².